The summed E-state index contributed by atoms with van der Waals surface area (Å²) in [5.41, 5.74) is -1.80. The molecule has 8 heteroatoms. The minimum Gasteiger partial charge on any atom is -0.477 e. The zero-order chi connectivity index (χ0) is 14.2. The third-order valence-electron chi connectivity index (χ3n) is 2.34. The largest absolute Gasteiger partial charge is 0.477 e. The van der Waals surface area contributed by atoms with Crippen molar-refractivity contribution >= 4 is 33.5 Å². The van der Waals surface area contributed by atoms with Crippen LogP contribution in [-0.2, 0) is 0 Å². The van der Waals surface area contributed by atoms with Gasteiger partial charge in [-0.05, 0) is 40.2 Å². The minimum atomic E-state index is -1.40. The Kier molecular flexibility index (Phi) is 3.59. The highest BCUT2D eigenvalue weighted by Gasteiger charge is 2.17. The molecule has 6 nitrogen and oxygen atoms in total. The molecule has 0 aliphatic carbocycles. The Morgan fingerprint density at radius 3 is 2.37 bits per heavy atom. The van der Waals surface area contributed by atoms with Crippen molar-refractivity contribution in [3.05, 3.63) is 60.3 Å². The molecule has 1 heterocycles. The standard InChI is InChI=1S/C11H6BrClN2O4/c12-7-8(10(17)18)14-11(19)15(9(7)16)6-3-1-5(13)2-4-6/h1-4H,(H,14,19)(H,17,18). The second-order valence-electron chi connectivity index (χ2n) is 3.54. The first-order chi connectivity index (χ1) is 8.91. The van der Waals surface area contributed by atoms with E-state index in [4.69, 9.17) is 16.7 Å². The van der Waals surface area contributed by atoms with Gasteiger partial charge in [-0.3, -0.25) is 9.78 Å². The predicted octanol–water partition coefficient (Wildman–Crippen LogP) is 1.64. The van der Waals surface area contributed by atoms with Gasteiger partial charge in [-0.25, -0.2) is 14.2 Å². The number of halogens is 2. The van der Waals surface area contributed by atoms with Crippen LogP contribution in [0.5, 0.6) is 0 Å². The van der Waals surface area contributed by atoms with Gasteiger partial charge in [-0.2, -0.15) is 0 Å². The molecule has 2 aromatic rings. The van der Waals surface area contributed by atoms with Crippen LogP contribution in [0.15, 0.2) is 38.3 Å². The summed E-state index contributed by atoms with van der Waals surface area (Å²) in [6.07, 6.45) is 0. The monoisotopic (exact) mass is 344 g/mol. The fraction of sp³-hybridized carbons (Fsp3) is 0. The molecule has 2 N–H and O–H groups in total. The summed E-state index contributed by atoms with van der Waals surface area (Å²) in [6, 6.07) is 5.99. The third kappa shape index (κ3) is 2.47. The van der Waals surface area contributed by atoms with Crippen molar-refractivity contribution in [3.63, 3.8) is 0 Å². The number of rotatable bonds is 2. The van der Waals surface area contributed by atoms with Crippen molar-refractivity contribution < 1.29 is 9.90 Å². The number of carbonyl (C=O) groups is 1. The maximum absolute atomic E-state index is 12.0. The zero-order valence-electron chi connectivity index (χ0n) is 9.18. The minimum absolute atomic E-state index is 0.227. The summed E-state index contributed by atoms with van der Waals surface area (Å²) >= 11 is 8.58. The first-order valence-electron chi connectivity index (χ1n) is 4.96. The van der Waals surface area contributed by atoms with Gasteiger partial charge in [0.25, 0.3) is 5.56 Å². The second kappa shape index (κ2) is 5.02. The van der Waals surface area contributed by atoms with Crippen LogP contribution in [0.2, 0.25) is 5.02 Å². The van der Waals surface area contributed by atoms with Crippen LogP contribution in [0.4, 0.5) is 0 Å². The van der Waals surface area contributed by atoms with E-state index in [9.17, 15) is 14.4 Å². The van der Waals surface area contributed by atoms with E-state index in [1.54, 1.807) is 0 Å². The van der Waals surface area contributed by atoms with Crippen LogP contribution in [0.1, 0.15) is 10.5 Å². The number of nitrogens with zero attached hydrogens (tertiary/aromatic N) is 1. The van der Waals surface area contributed by atoms with Crippen LogP contribution < -0.4 is 11.2 Å². The van der Waals surface area contributed by atoms with Crippen molar-refractivity contribution in [1.82, 2.24) is 9.55 Å². The van der Waals surface area contributed by atoms with E-state index in [0.717, 1.165) is 4.57 Å². The van der Waals surface area contributed by atoms with Gasteiger partial charge in [-0.15, -0.1) is 0 Å². The highest BCUT2D eigenvalue weighted by atomic mass is 79.9. The summed E-state index contributed by atoms with van der Waals surface area (Å²) < 4.78 is 0.585. The predicted molar refractivity (Wildman–Crippen MR) is 72.3 cm³/mol. The summed E-state index contributed by atoms with van der Waals surface area (Å²) in [6.45, 7) is 0. The number of hydrogen-bond acceptors (Lipinski definition) is 3. The smallest absolute Gasteiger partial charge is 0.353 e. The van der Waals surface area contributed by atoms with Crippen molar-refractivity contribution in [3.8, 4) is 5.69 Å². The van der Waals surface area contributed by atoms with E-state index in [1.807, 2.05) is 0 Å². The average Bonchev–Trinajstić information content (AvgIpc) is 2.36. The van der Waals surface area contributed by atoms with E-state index in [1.165, 1.54) is 24.3 Å². The zero-order valence-corrected chi connectivity index (χ0v) is 11.5. The third-order valence-corrected chi connectivity index (χ3v) is 3.33. The van der Waals surface area contributed by atoms with E-state index in [-0.39, 0.29) is 10.2 Å². The molecule has 0 spiro atoms. The first kappa shape index (κ1) is 13.6. The summed E-state index contributed by atoms with van der Waals surface area (Å²) in [7, 11) is 0. The summed E-state index contributed by atoms with van der Waals surface area (Å²) in [5, 5.41) is 9.30. The lowest BCUT2D eigenvalue weighted by Gasteiger charge is -2.06. The van der Waals surface area contributed by atoms with Crippen molar-refractivity contribution in [2.75, 3.05) is 0 Å². The molecule has 0 amide bonds. The van der Waals surface area contributed by atoms with Gasteiger partial charge in [-0.1, -0.05) is 11.6 Å². The molecule has 0 fully saturated rings. The van der Waals surface area contributed by atoms with Gasteiger partial charge in [0.15, 0.2) is 0 Å². The Morgan fingerprint density at radius 1 is 1.26 bits per heavy atom. The maximum atomic E-state index is 12.0. The van der Waals surface area contributed by atoms with Gasteiger partial charge >= 0.3 is 11.7 Å². The summed E-state index contributed by atoms with van der Waals surface area (Å²) in [5.74, 6) is -1.40. The molecule has 0 aliphatic rings. The molecule has 0 radical (unpaired) electrons. The normalized spacial score (nSPS) is 10.4. The highest BCUT2D eigenvalue weighted by Crippen LogP contribution is 2.12. The number of nitrogens with one attached hydrogen (secondary N) is 1. The quantitative estimate of drug-likeness (QED) is 0.865. The number of aromatic nitrogens is 2. The van der Waals surface area contributed by atoms with E-state index >= 15 is 0 Å². The fourth-order valence-electron chi connectivity index (χ4n) is 1.49. The van der Waals surface area contributed by atoms with Crippen molar-refractivity contribution in [2.24, 2.45) is 0 Å². The summed E-state index contributed by atoms with van der Waals surface area (Å²) in [4.78, 5) is 36.8. The average molecular weight is 346 g/mol. The lowest BCUT2D eigenvalue weighted by atomic mass is 10.3. The number of aromatic amines is 1. The molecule has 0 saturated carbocycles. The Morgan fingerprint density at radius 2 is 1.84 bits per heavy atom. The van der Waals surface area contributed by atoms with Gasteiger partial charge in [0.2, 0.25) is 0 Å². The number of carboxylic acids is 1. The van der Waals surface area contributed by atoms with Crippen molar-refractivity contribution in [1.29, 1.82) is 0 Å². The lowest BCUT2D eigenvalue weighted by Crippen LogP contribution is -2.36. The van der Waals surface area contributed by atoms with Gasteiger partial charge in [0, 0.05) is 5.02 Å². The van der Waals surface area contributed by atoms with E-state index in [2.05, 4.69) is 20.9 Å². The second-order valence-corrected chi connectivity index (χ2v) is 4.77. The Labute approximate surface area is 119 Å². The Bertz CT molecular complexity index is 764. The molecule has 0 saturated heterocycles. The molecular weight excluding hydrogens is 339 g/mol. The SMILES string of the molecule is O=C(O)c1[nH]c(=O)n(-c2ccc(Cl)cc2)c(=O)c1Br. The molecule has 0 atom stereocenters. The molecule has 0 bridgehead atoms. The van der Waals surface area contributed by atoms with Crippen molar-refractivity contribution in [2.45, 2.75) is 0 Å². The molecule has 2 rings (SSSR count). The van der Waals surface area contributed by atoms with Crippen LogP contribution in [0.3, 0.4) is 0 Å². The van der Waals surface area contributed by atoms with E-state index in [0.29, 0.717) is 5.02 Å². The number of benzene rings is 1. The first-order valence-corrected chi connectivity index (χ1v) is 6.13. The molecule has 98 valence electrons. The van der Waals surface area contributed by atoms with E-state index < -0.39 is 22.9 Å². The number of H-pyrrole nitrogens is 1. The number of carboxylic acid groups (broad SMARTS) is 1. The Hall–Kier alpha value is -1.86. The molecule has 1 aromatic carbocycles. The van der Waals surface area contributed by atoms with Gasteiger partial charge in [0.1, 0.15) is 10.2 Å². The molecule has 0 unspecified atom stereocenters. The number of hydrogen-bond donors (Lipinski definition) is 2. The molecule has 1 aromatic heterocycles. The van der Waals surface area contributed by atoms with Gasteiger partial charge in [0.05, 0.1) is 5.69 Å². The molecular formula is C11H6BrClN2O4. The molecule has 19 heavy (non-hydrogen) atoms. The maximum Gasteiger partial charge on any atom is 0.353 e. The van der Waals surface area contributed by atoms with Gasteiger partial charge < -0.3 is 5.11 Å². The lowest BCUT2D eigenvalue weighted by molar-refractivity contribution is 0.0688. The van der Waals surface area contributed by atoms with Crippen LogP contribution >= 0.6 is 27.5 Å². The van der Waals surface area contributed by atoms with Crippen LogP contribution in [-0.4, -0.2) is 20.6 Å². The Balaban J connectivity index is 2.76. The van der Waals surface area contributed by atoms with Crippen LogP contribution in [0.25, 0.3) is 5.69 Å². The topological polar surface area (TPSA) is 92.2 Å². The highest BCUT2D eigenvalue weighted by molar-refractivity contribution is 9.10. The number of aromatic carboxylic acids is 1. The molecule has 0 aliphatic heterocycles. The fourth-order valence-corrected chi connectivity index (χ4v) is 2.06. The van der Waals surface area contributed by atoms with Crippen LogP contribution in [0, 0.1) is 0 Å².